The van der Waals surface area contributed by atoms with Crippen LogP contribution in [0.3, 0.4) is 0 Å². The molecule has 3 aromatic rings. The lowest BCUT2D eigenvalue weighted by Crippen LogP contribution is -2.39. The number of aromatic nitrogens is 2. The summed E-state index contributed by atoms with van der Waals surface area (Å²) in [5, 5.41) is 0. The van der Waals surface area contributed by atoms with Gasteiger partial charge in [-0.2, -0.15) is 0 Å². The van der Waals surface area contributed by atoms with Gasteiger partial charge in [-0.1, -0.05) is 24.3 Å². The number of hydrogen-bond donors (Lipinski definition) is 0. The first-order valence-electron chi connectivity index (χ1n) is 10.6. The van der Waals surface area contributed by atoms with Crippen molar-refractivity contribution in [3.8, 4) is 17.0 Å². The van der Waals surface area contributed by atoms with Crippen LogP contribution in [0.15, 0.2) is 60.9 Å². The minimum absolute atomic E-state index is 0.122. The summed E-state index contributed by atoms with van der Waals surface area (Å²) in [6, 6.07) is 14.1. The molecule has 0 bridgehead atoms. The lowest BCUT2D eigenvalue weighted by Gasteiger charge is -2.33. The number of nitrogens with zero attached hydrogens (tertiary/aromatic N) is 3. The summed E-state index contributed by atoms with van der Waals surface area (Å²) in [5.74, 6) is 0.741. The maximum atomic E-state index is 13.1. The van der Waals surface area contributed by atoms with Gasteiger partial charge in [0.15, 0.2) is 0 Å². The molecule has 0 saturated carbocycles. The maximum Gasteiger partial charge on any atom is 0.222 e. The van der Waals surface area contributed by atoms with E-state index >= 15 is 0 Å². The molecule has 1 amide bonds. The van der Waals surface area contributed by atoms with Gasteiger partial charge in [0.05, 0.1) is 18.5 Å². The smallest absolute Gasteiger partial charge is 0.222 e. The highest BCUT2D eigenvalue weighted by Gasteiger charge is 2.28. The van der Waals surface area contributed by atoms with Gasteiger partial charge in [-0.25, -0.2) is 4.39 Å². The van der Waals surface area contributed by atoms with E-state index in [0.717, 1.165) is 47.7 Å². The number of methoxy groups -OCH3 is 1. The van der Waals surface area contributed by atoms with E-state index in [1.807, 2.05) is 29.2 Å². The zero-order valence-electron chi connectivity index (χ0n) is 17.6. The molecule has 1 aliphatic heterocycles. The van der Waals surface area contributed by atoms with Crippen LogP contribution in [0.1, 0.15) is 36.4 Å². The lowest BCUT2D eigenvalue weighted by molar-refractivity contribution is -0.132. The number of hydrogen-bond acceptors (Lipinski definition) is 4. The molecule has 1 fully saturated rings. The van der Waals surface area contributed by atoms with E-state index in [1.165, 1.54) is 12.1 Å². The number of benzene rings is 2. The number of aryl methyl sites for hydroxylation is 1. The number of amides is 1. The van der Waals surface area contributed by atoms with Crippen LogP contribution < -0.4 is 4.74 Å². The maximum absolute atomic E-state index is 13.1. The van der Waals surface area contributed by atoms with Gasteiger partial charge < -0.3 is 9.64 Å². The number of halogens is 1. The highest BCUT2D eigenvalue weighted by Crippen LogP contribution is 2.35. The quantitative estimate of drug-likeness (QED) is 0.585. The van der Waals surface area contributed by atoms with Crippen LogP contribution in [-0.4, -0.2) is 41.0 Å². The second kappa shape index (κ2) is 9.69. The van der Waals surface area contributed by atoms with Crippen LogP contribution in [-0.2, 0) is 11.2 Å². The molecule has 1 unspecified atom stereocenters. The SMILES string of the molecule is COc1ccccc1-c1nccnc1C1CCCN(C(=O)CCc2ccc(F)cc2)C1. The molecule has 1 atom stereocenters. The number of rotatable bonds is 6. The van der Waals surface area contributed by atoms with Gasteiger partial charge in [0, 0.05) is 43.4 Å². The Labute approximate surface area is 181 Å². The molecule has 1 saturated heterocycles. The van der Waals surface area contributed by atoms with Crippen molar-refractivity contribution in [3.63, 3.8) is 0 Å². The van der Waals surface area contributed by atoms with Crippen LogP contribution in [0.25, 0.3) is 11.3 Å². The summed E-state index contributed by atoms with van der Waals surface area (Å²) in [6.07, 6.45) is 6.32. The largest absolute Gasteiger partial charge is 0.496 e. The minimum atomic E-state index is -0.260. The number of ether oxygens (including phenoxy) is 1. The van der Waals surface area contributed by atoms with Crippen LogP contribution in [0.4, 0.5) is 4.39 Å². The van der Waals surface area contributed by atoms with Gasteiger partial charge in [-0.3, -0.25) is 14.8 Å². The third-order valence-electron chi connectivity index (χ3n) is 5.79. The summed E-state index contributed by atoms with van der Waals surface area (Å²) in [6.45, 7) is 1.38. The van der Waals surface area contributed by atoms with Crippen molar-refractivity contribution in [2.75, 3.05) is 20.2 Å². The monoisotopic (exact) mass is 419 g/mol. The van der Waals surface area contributed by atoms with E-state index in [0.29, 0.717) is 19.4 Å². The fraction of sp³-hybridized carbons (Fsp3) is 0.320. The first-order chi connectivity index (χ1) is 15.2. The Morgan fingerprint density at radius 2 is 1.90 bits per heavy atom. The zero-order chi connectivity index (χ0) is 21.6. The predicted octanol–water partition coefficient (Wildman–Crippen LogP) is 4.63. The first kappa shape index (κ1) is 21.0. The van der Waals surface area contributed by atoms with Crippen molar-refractivity contribution < 1.29 is 13.9 Å². The van der Waals surface area contributed by atoms with Gasteiger partial charge >= 0.3 is 0 Å². The molecule has 5 nitrogen and oxygen atoms in total. The average molecular weight is 420 g/mol. The molecule has 160 valence electrons. The van der Waals surface area contributed by atoms with Crippen LogP contribution >= 0.6 is 0 Å². The van der Waals surface area contributed by atoms with E-state index in [9.17, 15) is 9.18 Å². The zero-order valence-corrected chi connectivity index (χ0v) is 17.6. The number of piperidine rings is 1. The molecule has 0 spiro atoms. The number of likely N-dealkylation sites (tertiary alicyclic amines) is 1. The first-order valence-corrected chi connectivity index (χ1v) is 10.6. The van der Waals surface area contributed by atoms with Gasteiger partial charge in [-0.05, 0) is 49.1 Å². The molecule has 1 aliphatic rings. The second-order valence-electron chi connectivity index (χ2n) is 7.80. The van der Waals surface area contributed by atoms with Crippen molar-refractivity contribution in [2.24, 2.45) is 0 Å². The molecule has 0 N–H and O–H groups in total. The summed E-state index contributed by atoms with van der Waals surface area (Å²) in [5.41, 5.74) is 3.59. The lowest BCUT2D eigenvalue weighted by atomic mass is 9.91. The molecule has 2 heterocycles. The summed E-state index contributed by atoms with van der Waals surface area (Å²) in [7, 11) is 1.65. The van der Waals surface area contributed by atoms with Gasteiger partial charge in [0.1, 0.15) is 11.6 Å². The molecule has 0 radical (unpaired) electrons. The Hall–Kier alpha value is -3.28. The third-order valence-corrected chi connectivity index (χ3v) is 5.79. The Bertz CT molecular complexity index is 1040. The topological polar surface area (TPSA) is 55.3 Å². The third kappa shape index (κ3) is 4.90. The van der Waals surface area contributed by atoms with Crippen molar-refractivity contribution in [3.05, 3.63) is 78.0 Å². The molecule has 6 heteroatoms. The highest BCUT2D eigenvalue weighted by atomic mass is 19.1. The number of carbonyl (C=O) groups is 1. The van der Waals surface area contributed by atoms with Crippen molar-refractivity contribution in [1.29, 1.82) is 0 Å². The van der Waals surface area contributed by atoms with Gasteiger partial charge in [0.25, 0.3) is 0 Å². The van der Waals surface area contributed by atoms with Crippen LogP contribution in [0.2, 0.25) is 0 Å². The van der Waals surface area contributed by atoms with E-state index in [2.05, 4.69) is 9.97 Å². The highest BCUT2D eigenvalue weighted by molar-refractivity contribution is 5.77. The normalized spacial score (nSPS) is 16.2. The van der Waals surface area contributed by atoms with E-state index < -0.39 is 0 Å². The molecule has 31 heavy (non-hydrogen) atoms. The summed E-state index contributed by atoms with van der Waals surface area (Å²) < 4.78 is 18.6. The standard InChI is InChI=1S/C25H26FN3O2/c1-31-22-7-3-2-6-21(22)25-24(27-14-15-28-25)19-5-4-16-29(17-19)23(30)13-10-18-8-11-20(26)12-9-18/h2-3,6-9,11-12,14-15,19H,4-5,10,13,16-17H2,1H3. The second-order valence-corrected chi connectivity index (χ2v) is 7.80. The number of para-hydroxylation sites is 1. The molecule has 0 aliphatic carbocycles. The van der Waals surface area contributed by atoms with E-state index in [1.54, 1.807) is 31.6 Å². The fourth-order valence-electron chi connectivity index (χ4n) is 4.18. The van der Waals surface area contributed by atoms with E-state index in [4.69, 9.17) is 4.74 Å². The van der Waals surface area contributed by atoms with Gasteiger partial charge in [-0.15, -0.1) is 0 Å². The Balaban J connectivity index is 1.49. The Morgan fingerprint density at radius 3 is 2.71 bits per heavy atom. The van der Waals surface area contributed by atoms with Crippen molar-refractivity contribution >= 4 is 5.91 Å². The summed E-state index contributed by atoms with van der Waals surface area (Å²) >= 11 is 0. The minimum Gasteiger partial charge on any atom is -0.496 e. The van der Waals surface area contributed by atoms with Crippen LogP contribution in [0, 0.1) is 5.82 Å². The fourth-order valence-corrected chi connectivity index (χ4v) is 4.18. The molecule has 4 rings (SSSR count). The molecular formula is C25H26FN3O2. The molecule has 1 aromatic heterocycles. The number of carbonyl (C=O) groups excluding carboxylic acids is 1. The summed E-state index contributed by atoms with van der Waals surface area (Å²) in [4.78, 5) is 24.1. The average Bonchev–Trinajstić information content (AvgIpc) is 2.83. The van der Waals surface area contributed by atoms with Gasteiger partial charge in [0.2, 0.25) is 5.91 Å². The Kier molecular flexibility index (Phi) is 6.55. The predicted molar refractivity (Wildman–Crippen MR) is 117 cm³/mol. The van der Waals surface area contributed by atoms with Crippen molar-refractivity contribution in [2.45, 2.75) is 31.6 Å². The molecular weight excluding hydrogens is 393 g/mol. The Morgan fingerprint density at radius 1 is 1.13 bits per heavy atom. The van der Waals surface area contributed by atoms with Crippen LogP contribution in [0.5, 0.6) is 5.75 Å². The van der Waals surface area contributed by atoms with Crippen molar-refractivity contribution in [1.82, 2.24) is 14.9 Å². The molecule has 2 aromatic carbocycles. The van der Waals surface area contributed by atoms with E-state index in [-0.39, 0.29) is 17.6 Å².